The fraction of sp³-hybridized carbons (Fsp3) is 0.231. The average Bonchev–Trinajstić information content (AvgIpc) is 2.47. The molecule has 0 bridgehead atoms. The molecule has 0 spiro atoms. The summed E-state index contributed by atoms with van der Waals surface area (Å²) >= 11 is 1.92. The summed E-state index contributed by atoms with van der Waals surface area (Å²) < 4.78 is 2.01. The number of aryl methyl sites for hydroxylation is 1. The van der Waals surface area contributed by atoms with E-state index in [0.717, 1.165) is 0 Å². The molecule has 21 heavy (non-hydrogen) atoms. The Morgan fingerprint density at radius 2 is 2.19 bits per heavy atom. The Balaban J connectivity index is 2.46. The highest BCUT2D eigenvalue weighted by atomic mass is 127. The number of hydrogen-bond donors (Lipinski definition) is 1. The molecule has 1 heterocycles. The Morgan fingerprint density at radius 1 is 1.48 bits per heavy atom. The van der Waals surface area contributed by atoms with Crippen molar-refractivity contribution in [3.05, 3.63) is 59.8 Å². The monoisotopic (exact) mass is 400 g/mol. The highest BCUT2D eigenvalue weighted by Gasteiger charge is 2.14. The van der Waals surface area contributed by atoms with Gasteiger partial charge >= 0.3 is 0 Å². The van der Waals surface area contributed by atoms with Gasteiger partial charge in [-0.15, -0.1) is 0 Å². The topological polar surface area (TPSA) is 90.1 Å². The van der Waals surface area contributed by atoms with Crippen molar-refractivity contribution in [2.45, 2.75) is 13.5 Å². The molecule has 7 nitrogen and oxygen atoms in total. The molecule has 2 aromatic rings. The quantitative estimate of drug-likeness (QED) is 0.483. The van der Waals surface area contributed by atoms with Gasteiger partial charge in [0.05, 0.1) is 15.0 Å². The van der Waals surface area contributed by atoms with E-state index in [-0.39, 0.29) is 17.8 Å². The Labute approximate surface area is 134 Å². The fourth-order valence-electron chi connectivity index (χ4n) is 1.96. The smallest absolute Gasteiger partial charge is 0.292 e. The van der Waals surface area contributed by atoms with Gasteiger partial charge in [-0.2, -0.15) is 0 Å². The zero-order valence-corrected chi connectivity index (χ0v) is 13.6. The first-order valence-corrected chi connectivity index (χ1v) is 7.19. The second kappa shape index (κ2) is 6.20. The molecule has 0 aliphatic rings. The van der Waals surface area contributed by atoms with E-state index in [1.54, 1.807) is 26.1 Å². The van der Waals surface area contributed by atoms with Crippen molar-refractivity contribution >= 4 is 34.0 Å². The van der Waals surface area contributed by atoms with E-state index in [9.17, 15) is 14.9 Å². The summed E-state index contributed by atoms with van der Waals surface area (Å²) in [4.78, 5) is 26.9. The summed E-state index contributed by atoms with van der Waals surface area (Å²) in [6, 6.07) is 4.86. The maximum atomic E-state index is 12.1. The van der Waals surface area contributed by atoms with Gasteiger partial charge in [-0.1, -0.05) is 6.07 Å². The molecule has 110 valence electrons. The summed E-state index contributed by atoms with van der Waals surface area (Å²) in [5.41, 5.74) is 0.950. The largest absolute Gasteiger partial charge is 0.383 e. The van der Waals surface area contributed by atoms with E-state index >= 15 is 0 Å². The Kier molecular flexibility index (Phi) is 4.56. The molecule has 1 N–H and O–H groups in total. The number of nitro groups is 1. The third kappa shape index (κ3) is 3.20. The van der Waals surface area contributed by atoms with E-state index in [1.807, 2.05) is 22.6 Å². The van der Waals surface area contributed by atoms with Crippen LogP contribution in [0.25, 0.3) is 0 Å². The van der Waals surface area contributed by atoms with E-state index in [0.29, 0.717) is 20.6 Å². The molecule has 0 unspecified atom stereocenters. The number of rotatable bonds is 4. The standard InChI is InChI=1S/C13H13IN4O3/c1-8-16-6-10(14)13(19)17(8)7-9-3-4-11(15-2)12(5-9)18(20)21/h3-6,15H,7H2,1-2H3. The number of nitro benzene ring substituents is 1. The van der Waals surface area contributed by atoms with Gasteiger partial charge in [0, 0.05) is 19.3 Å². The lowest BCUT2D eigenvalue weighted by Crippen LogP contribution is -2.26. The van der Waals surface area contributed by atoms with Gasteiger partial charge in [-0.3, -0.25) is 19.5 Å². The van der Waals surface area contributed by atoms with Crippen LogP contribution in [0.1, 0.15) is 11.4 Å². The van der Waals surface area contributed by atoms with Gasteiger partial charge in [0.25, 0.3) is 11.2 Å². The maximum absolute atomic E-state index is 12.1. The minimum absolute atomic E-state index is 0.0145. The highest BCUT2D eigenvalue weighted by Crippen LogP contribution is 2.25. The fourth-order valence-corrected chi connectivity index (χ4v) is 2.39. The van der Waals surface area contributed by atoms with Crippen LogP contribution in [-0.4, -0.2) is 21.5 Å². The number of nitrogens with one attached hydrogen (secondary N) is 1. The predicted molar refractivity (Wildman–Crippen MR) is 87.7 cm³/mol. The molecular weight excluding hydrogens is 387 g/mol. The molecule has 0 radical (unpaired) electrons. The molecule has 0 saturated heterocycles. The SMILES string of the molecule is CNc1ccc(Cn2c(C)ncc(I)c2=O)cc1[N+](=O)[O-]. The Morgan fingerprint density at radius 3 is 2.81 bits per heavy atom. The van der Waals surface area contributed by atoms with Crippen molar-refractivity contribution in [1.29, 1.82) is 0 Å². The average molecular weight is 400 g/mol. The third-order valence-electron chi connectivity index (χ3n) is 3.07. The van der Waals surface area contributed by atoms with Crippen molar-refractivity contribution in [1.82, 2.24) is 9.55 Å². The van der Waals surface area contributed by atoms with Crippen LogP contribution in [0.15, 0.2) is 29.2 Å². The first-order chi connectivity index (χ1) is 9.93. The minimum atomic E-state index is -0.446. The number of aromatic nitrogens is 2. The van der Waals surface area contributed by atoms with Crippen molar-refractivity contribution in [3.8, 4) is 0 Å². The second-order valence-corrected chi connectivity index (χ2v) is 5.57. The van der Waals surface area contributed by atoms with Gasteiger partial charge < -0.3 is 5.32 Å². The maximum Gasteiger partial charge on any atom is 0.292 e. The first-order valence-electron chi connectivity index (χ1n) is 6.11. The summed E-state index contributed by atoms with van der Waals surface area (Å²) in [5.74, 6) is 0.570. The van der Waals surface area contributed by atoms with Gasteiger partial charge in [-0.05, 0) is 41.1 Å². The molecule has 2 rings (SSSR count). The molecule has 0 fully saturated rings. The molecule has 0 aliphatic heterocycles. The number of halogens is 1. The van der Waals surface area contributed by atoms with Crippen LogP contribution in [0.4, 0.5) is 11.4 Å². The predicted octanol–water partition coefficient (Wildman–Crippen LogP) is 2.15. The summed E-state index contributed by atoms with van der Waals surface area (Å²) in [5, 5.41) is 13.8. The van der Waals surface area contributed by atoms with Crippen molar-refractivity contribution < 1.29 is 4.92 Å². The zero-order valence-electron chi connectivity index (χ0n) is 11.5. The van der Waals surface area contributed by atoms with E-state index < -0.39 is 4.92 Å². The Hall–Kier alpha value is -1.97. The number of hydrogen-bond acceptors (Lipinski definition) is 5. The highest BCUT2D eigenvalue weighted by molar-refractivity contribution is 14.1. The van der Waals surface area contributed by atoms with Gasteiger partial charge in [0.15, 0.2) is 0 Å². The minimum Gasteiger partial charge on any atom is -0.383 e. The van der Waals surface area contributed by atoms with Gasteiger partial charge in [-0.25, -0.2) is 4.98 Å². The third-order valence-corrected chi connectivity index (χ3v) is 3.81. The van der Waals surface area contributed by atoms with E-state index in [4.69, 9.17) is 0 Å². The van der Waals surface area contributed by atoms with Gasteiger partial charge in [0.2, 0.25) is 0 Å². The molecular formula is C13H13IN4O3. The Bertz CT molecular complexity index is 758. The normalized spacial score (nSPS) is 10.4. The molecule has 0 aliphatic carbocycles. The van der Waals surface area contributed by atoms with E-state index in [1.165, 1.54) is 16.8 Å². The second-order valence-electron chi connectivity index (χ2n) is 4.40. The van der Waals surface area contributed by atoms with Gasteiger partial charge in [0.1, 0.15) is 11.5 Å². The van der Waals surface area contributed by atoms with Crippen LogP contribution in [0, 0.1) is 20.6 Å². The summed E-state index contributed by atoms with van der Waals surface area (Å²) in [6.45, 7) is 1.98. The summed E-state index contributed by atoms with van der Waals surface area (Å²) in [7, 11) is 1.63. The lowest BCUT2D eigenvalue weighted by molar-refractivity contribution is -0.384. The number of benzene rings is 1. The lowest BCUT2D eigenvalue weighted by atomic mass is 10.1. The number of anilines is 1. The molecule has 0 saturated carbocycles. The van der Waals surface area contributed by atoms with E-state index in [2.05, 4.69) is 10.3 Å². The van der Waals surface area contributed by atoms with Crippen LogP contribution in [0.5, 0.6) is 0 Å². The first kappa shape index (κ1) is 15.4. The number of nitrogens with zero attached hydrogens (tertiary/aromatic N) is 3. The summed E-state index contributed by atoms with van der Waals surface area (Å²) in [6.07, 6.45) is 1.52. The van der Waals surface area contributed by atoms with Crippen LogP contribution in [0.2, 0.25) is 0 Å². The lowest BCUT2D eigenvalue weighted by Gasteiger charge is -2.10. The van der Waals surface area contributed by atoms with Crippen LogP contribution >= 0.6 is 22.6 Å². The van der Waals surface area contributed by atoms with Crippen LogP contribution in [0.3, 0.4) is 0 Å². The molecule has 0 atom stereocenters. The van der Waals surface area contributed by atoms with Crippen molar-refractivity contribution in [2.24, 2.45) is 0 Å². The zero-order chi connectivity index (χ0) is 15.6. The molecule has 8 heteroatoms. The van der Waals surface area contributed by atoms with Crippen molar-refractivity contribution in [3.63, 3.8) is 0 Å². The molecule has 0 amide bonds. The molecule has 1 aromatic carbocycles. The van der Waals surface area contributed by atoms with Crippen LogP contribution in [-0.2, 0) is 6.54 Å². The van der Waals surface area contributed by atoms with Crippen molar-refractivity contribution in [2.75, 3.05) is 12.4 Å². The molecule has 1 aromatic heterocycles. The van der Waals surface area contributed by atoms with Crippen LogP contribution < -0.4 is 10.9 Å².